The number of hydrogen-bond acceptors (Lipinski definition) is 3. The van der Waals surface area contributed by atoms with Crippen LogP contribution >= 0.6 is 0 Å². The molecule has 132 valence electrons. The molecule has 1 spiro atoms. The third-order valence-corrected chi connectivity index (χ3v) is 6.20. The minimum atomic E-state index is 0.573. The van der Waals surface area contributed by atoms with Crippen LogP contribution in [-0.4, -0.2) is 45.8 Å². The number of rotatable bonds is 2. The van der Waals surface area contributed by atoms with Gasteiger partial charge in [-0.05, 0) is 37.5 Å². The zero-order valence-electron chi connectivity index (χ0n) is 14.9. The van der Waals surface area contributed by atoms with Crippen molar-refractivity contribution >= 4 is 5.96 Å². The van der Waals surface area contributed by atoms with Crippen molar-refractivity contribution < 1.29 is 0 Å². The summed E-state index contributed by atoms with van der Waals surface area (Å²) in [6.07, 6.45) is 11.8. The monoisotopic (exact) mass is 330 g/mol. The Bertz CT molecular complexity index is 599. The van der Waals surface area contributed by atoms with Gasteiger partial charge in [-0.1, -0.05) is 19.3 Å². The summed E-state index contributed by atoms with van der Waals surface area (Å²) in [4.78, 5) is 6.98. The van der Waals surface area contributed by atoms with E-state index in [1.54, 1.807) is 0 Å². The lowest BCUT2D eigenvalue weighted by molar-refractivity contribution is 0.309. The Balaban J connectivity index is 1.39. The maximum absolute atomic E-state index is 4.53. The first-order chi connectivity index (χ1) is 11.8. The van der Waals surface area contributed by atoms with E-state index in [1.165, 1.54) is 57.9 Å². The number of nitrogens with one attached hydrogen (secondary N) is 1. The van der Waals surface area contributed by atoms with Crippen LogP contribution in [0.4, 0.5) is 0 Å². The standard InChI is InChI=1S/C18H30N6/c1-19-17(23-12-10-18(14-23)8-4-5-9-18)20-13-16-22-21-15-7-3-2-6-11-24(15)16/h2-14H2,1H3,(H,19,20). The Kier molecular flexibility index (Phi) is 4.46. The lowest BCUT2D eigenvalue weighted by Gasteiger charge is -2.25. The topological polar surface area (TPSA) is 58.3 Å². The quantitative estimate of drug-likeness (QED) is 0.668. The molecule has 6 nitrogen and oxygen atoms in total. The average Bonchev–Trinajstić information content (AvgIpc) is 3.28. The number of guanidine groups is 1. The largest absolute Gasteiger partial charge is 0.349 e. The smallest absolute Gasteiger partial charge is 0.194 e. The maximum atomic E-state index is 4.53. The summed E-state index contributed by atoms with van der Waals surface area (Å²) in [7, 11) is 1.90. The molecule has 0 bridgehead atoms. The summed E-state index contributed by atoms with van der Waals surface area (Å²) >= 11 is 0. The minimum absolute atomic E-state index is 0.573. The van der Waals surface area contributed by atoms with E-state index in [0.29, 0.717) is 5.41 Å². The predicted octanol–water partition coefficient (Wildman–Crippen LogP) is 2.35. The fourth-order valence-corrected chi connectivity index (χ4v) is 4.82. The predicted molar refractivity (Wildman–Crippen MR) is 94.9 cm³/mol. The van der Waals surface area contributed by atoms with Crippen molar-refractivity contribution in [1.82, 2.24) is 25.0 Å². The van der Waals surface area contributed by atoms with Gasteiger partial charge >= 0.3 is 0 Å². The van der Waals surface area contributed by atoms with Crippen LogP contribution in [-0.2, 0) is 19.5 Å². The molecule has 3 aliphatic rings. The molecular formula is C18H30N6. The molecule has 24 heavy (non-hydrogen) atoms. The molecule has 3 heterocycles. The van der Waals surface area contributed by atoms with Crippen LogP contribution in [0.3, 0.4) is 0 Å². The van der Waals surface area contributed by atoms with Crippen LogP contribution in [0.15, 0.2) is 4.99 Å². The first-order valence-electron chi connectivity index (χ1n) is 9.66. The van der Waals surface area contributed by atoms with Crippen molar-refractivity contribution in [3.05, 3.63) is 11.6 Å². The molecule has 1 aliphatic carbocycles. The van der Waals surface area contributed by atoms with Crippen LogP contribution < -0.4 is 5.32 Å². The van der Waals surface area contributed by atoms with Gasteiger partial charge in [-0.15, -0.1) is 10.2 Å². The molecule has 0 unspecified atom stereocenters. The normalized spacial score (nSPS) is 23.5. The van der Waals surface area contributed by atoms with Gasteiger partial charge in [0.25, 0.3) is 0 Å². The van der Waals surface area contributed by atoms with E-state index in [4.69, 9.17) is 0 Å². The van der Waals surface area contributed by atoms with Crippen molar-refractivity contribution in [1.29, 1.82) is 0 Å². The Morgan fingerprint density at radius 2 is 1.96 bits per heavy atom. The number of aliphatic imine (C=N–C) groups is 1. The van der Waals surface area contributed by atoms with Crippen molar-refractivity contribution in [2.45, 2.75) is 70.9 Å². The molecular weight excluding hydrogens is 300 g/mol. The van der Waals surface area contributed by atoms with E-state index >= 15 is 0 Å². The molecule has 2 fully saturated rings. The number of likely N-dealkylation sites (tertiary alicyclic amines) is 1. The van der Waals surface area contributed by atoms with Crippen LogP contribution in [0.25, 0.3) is 0 Å². The van der Waals surface area contributed by atoms with Crippen LogP contribution in [0.1, 0.15) is 63.0 Å². The number of aryl methyl sites for hydroxylation is 1. The molecule has 0 radical (unpaired) electrons. The van der Waals surface area contributed by atoms with Gasteiger partial charge in [0, 0.05) is 33.1 Å². The summed E-state index contributed by atoms with van der Waals surface area (Å²) in [5.41, 5.74) is 0.573. The summed E-state index contributed by atoms with van der Waals surface area (Å²) in [5.74, 6) is 3.25. The number of hydrogen-bond donors (Lipinski definition) is 1. The highest BCUT2D eigenvalue weighted by Crippen LogP contribution is 2.45. The molecule has 0 atom stereocenters. The Labute approximate surface area is 144 Å². The van der Waals surface area contributed by atoms with Crippen molar-refractivity contribution in [3.8, 4) is 0 Å². The van der Waals surface area contributed by atoms with Gasteiger partial charge < -0.3 is 14.8 Å². The van der Waals surface area contributed by atoms with Gasteiger partial charge in [-0.25, -0.2) is 0 Å². The molecule has 1 aromatic heterocycles. The van der Waals surface area contributed by atoms with Crippen LogP contribution in [0.5, 0.6) is 0 Å². The highest BCUT2D eigenvalue weighted by Gasteiger charge is 2.41. The SMILES string of the molecule is CN=C(NCc1nnc2n1CCCCC2)N1CCC2(CCCC2)C1. The first kappa shape index (κ1) is 15.9. The highest BCUT2D eigenvalue weighted by molar-refractivity contribution is 5.80. The fourth-order valence-electron chi connectivity index (χ4n) is 4.82. The maximum Gasteiger partial charge on any atom is 0.194 e. The van der Waals surface area contributed by atoms with Crippen molar-refractivity contribution in [2.24, 2.45) is 10.4 Å². The summed E-state index contributed by atoms with van der Waals surface area (Å²) in [6.45, 7) is 4.09. The zero-order chi connectivity index (χ0) is 16.4. The molecule has 1 saturated carbocycles. The van der Waals surface area contributed by atoms with E-state index in [0.717, 1.165) is 43.7 Å². The van der Waals surface area contributed by atoms with Crippen molar-refractivity contribution in [2.75, 3.05) is 20.1 Å². The molecule has 1 N–H and O–H groups in total. The number of nitrogens with zero attached hydrogens (tertiary/aromatic N) is 5. The third-order valence-electron chi connectivity index (χ3n) is 6.20. The number of fused-ring (bicyclic) bond motifs is 1. The highest BCUT2D eigenvalue weighted by atomic mass is 15.3. The molecule has 1 saturated heterocycles. The molecule has 1 aromatic rings. The summed E-state index contributed by atoms with van der Waals surface area (Å²) in [6, 6.07) is 0. The van der Waals surface area contributed by atoms with Crippen LogP contribution in [0, 0.1) is 5.41 Å². The second-order valence-electron chi connectivity index (χ2n) is 7.77. The average molecular weight is 330 g/mol. The van der Waals surface area contributed by atoms with E-state index in [2.05, 4.69) is 30.0 Å². The second kappa shape index (κ2) is 6.73. The van der Waals surface area contributed by atoms with E-state index in [-0.39, 0.29) is 0 Å². The Morgan fingerprint density at radius 1 is 1.08 bits per heavy atom. The van der Waals surface area contributed by atoms with Gasteiger partial charge in [0.2, 0.25) is 0 Å². The second-order valence-corrected chi connectivity index (χ2v) is 7.77. The molecule has 2 aliphatic heterocycles. The Morgan fingerprint density at radius 3 is 2.79 bits per heavy atom. The molecule has 6 heteroatoms. The molecule has 4 rings (SSSR count). The van der Waals surface area contributed by atoms with Crippen molar-refractivity contribution in [3.63, 3.8) is 0 Å². The zero-order valence-corrected chi connectivity index (χ0v) is 14.9. The minimum Gasteiger partial charge on any atom is -0.349 e. The van der Waals surface area contributed by atoms with E-state index in [9.17, 15) is 0 Å². The first-order valence-corrected chi connectivity index (χ1v) is 9.66. The van der Waals surface area contributed by atoms with Gasteiger partial charge in [-0.2, -0.15) is 0 Å². The molecule has 0 amide bonds. The Hall–Kier alpha value is -1.59. The van der Waals surface area contributed by atoms with Gasteiger partial charge in [-0.3, -0.25) is 4.99 Å². The third kappa shape index (κ3) is 3.03. The van der Waals surface area contributed by atoms with Gasteiger partial charge in [0.05, 0.1) is 6.54 Å². The van der Waals surface area contributed by atoms with E-state index in [1.807, 2.05) is 7.05 Å². The van der Waals surface area contributed by atoms with Gasteiger partial charge in [0.15, 0.2) is 11.8 Å². The lowest BCUT2D eigenvalue weighted by Crippen LogP contribution is -2.41. The van der Waals surface area contributed by atoms with Crippen LogP contribution in [0.2, 0.25) is 0 Å². The van der Waals surface area contributed by atoms with Gasteiger partial charge in [0.1, 0.15) is 5.82 Å². The molecule has 0 aromatic carbocycles. The van der Waals surface area contributed by atoms with E-state index < -0.39 is 0 Å². The fraction of sp³-hybridized carbons (Fsp3) is 0.833. The summed E-state index contributed by atoms with van der Waals surface area (Å²) in [5, 5.41) is 12.4. The lowest BCUT2D eigenvalue weighted by atomic mass is 9.86. The summed E-state index contributed by atoms with van der Waals surface area (Å²) < 4.78 is 2.32. The number of aromatic nitrogens is 3.